The van der Waals surface area contributed by atoms with Crippen LogP contribution in [0, 0.1) is 17.8 Å². The van der Waals surface area contributed by atoms with E-state index in [1.807, 2.05) is 6.07 Å². The molecular weight excluding hydrogens is 384 g/mol. The topological polar surface area (TPSA) is 46.5 Å². The molecule has 0 aliphatic carbocycles. The number of carbonyl (C=O) groups is 1. The molecule has 1 aromatic carbocycles. The fourth-order valence-corrected chi connectivity index (χ4v) is 4.92. The van der Waals surface area contributed by atoms with E-state index in [9.17, 15) is 9.90 Å². The Bertz CT molecular complexity index is 708. The number of hydrogen-bond acceptors (Lipinski definition) is 3. The Hall–Kier alpha value is -1.51. The van der Waals surface area contributed by atoms with Crippen LogP contribution < -0.4 is 4.74 Å². The van der Waals surface area contributed by atoms with Crippen molar-refractivity contribution in [3.05, 3.63) is 23.3 Å². The van der Waals surface area contributed by atoms with Crippen molar-refractivity contribution in [1.82, 2.24) is 0 Å². The highest BCUT2D eigenvalue weighted by Crippen LogP contribution is 2.41. The molecular formula is C28H46O3. The van der Waals surface area contributed by atoms with Crippen LogP contribution in [0.25, 0.3) is 0 Å². The van der Waals surface area contributed by atoms with Crippen molar-refractivity contribution >= 4 is 5.78 Å². The average molecular weight is 431 g/mol. The number of fused-ring (bicyclic) bond motifs is 1. The summed E-state index contributed by atoms with van der Waals surface area (Å²) >= 11 is 0. The lowest BCUT2D eigenvalue weighted by Crippen LogP contribution is -2.36. The van der Waals surface area contributed by atoms with Gasteiger partial charge in [-0.25, -0.2) is 0 Å². The second-order valence-corrected chi connectivity index (χ2v) is 10.9. The molecule has 176 valence electrons. The zero-order valence-corrected chi connectivity index (χ0v) is 20.9. The first-order valence-corrected chi connectivity index (χ1v) is 12.7. The van der Waals surface area contributed by atoms with Crippen LogP contribution in [0.1, 0.15) is 122 Å². The first-order chi connectivity index (χ1) is 14.6. The number of phenolic OH excluding ortho intramolecular Hbond substituents is 1. The Morgan fingerprint density at radius 2 is 1.58 bits per heavy atom. The molecule has 1 aliphatic rings. The highest BCUT2D eigenvalue weighted by atomic mass is 16.5. The van der Waals surface area contributed by atoms with E-state index < -0.39 is 0 Å². The van der Waals surface area contributed by atoms with E-state index in [4.69, 9.17) is 4.74 Å². The van der Waals surface area contributed by atoms with Gasteiger partial charge < -0.3 is 9.84 Å². The minimum Gasteiger partial charge on any atom is -0.507 e. The van der Waals surface area contributed by atoms with Crippen LogP contribution in [-0.4, -0.2) is 16.5 Å². The van der Waals surface area contributed by atoms with Gasteiger partial charge in [-0.2, -0.15) is 0 Å². The van der Waals surface area contributed by atoms with E-state index in [0.717, 1.165) is 48.3 Å². The summed E-state index contributed by atoms with van der Waals surface area (Å²) in [5.41, 5.74) is 1.01. The third kappa shape index (κ3) is 8.16. The number of aromatic hydroxyl groups is 1. The van der Waals surface area contributed by atoms with Gasteiger partial charge in [0, 0.05) is 5.56 Å². The number of benzene rings is 1. The molecule has 0 spiro atoms. The summed E-state index contributed by atoms with van der Waals surface area (Å²) in [6.07, 6.45) is 13.3. The number of Topliss-reactive ketones (excluding diaryl/α,β-unsaturated/α-hetero) is 1. The van der Waals surface area contributed by atoms with Gasteiger partial charge in [0.1, 0.15) is 17.1 Å². The molecule has 0 saturated carbocycles. The molecule has 0 radical (unpaired) electrons. The fraction of sp³-hybridized carbons (Fsp3) is 0.750. The van der Waals surface area contributed by atoms with Gasteiger partial charge in [-0.1, -0.05) is 72.6 Å². The maximum atomic E-state index is 11.7. The van der Waals surface area contributed by atoms with Crippen molar-refractivity contribution in [1.29, 1.82) is 0 Å². The standard InChI is InChI=1S/C28H46O3/c1-20(2)10-7-11-21(3)12-8-13-22(4)14-9-18-28(6)19-17-25-26(31-28)16-15-24(23(5)29)27(25)30/h15-16,20-22,30H,7-14,17-19H2,1-6H3. The average Bonchev–Trinajstić information content (AvgIpc) is 2.67. The quantitative estimate of drug-likeness (QED) is 0.321. The number of ether oxygens (including phenoxy) is 1. The summed E-state index contributed by atoms with van der Waals surface area (Å²) in [5, 5.41) is 10.4. The fourth-order valence-electron chi connectivity index (χ4n) is 4.92. The van der Waals surface area contributed by atoms with Crippen molar-refractivity contribution < 1.29 is 14.6 Å². The van der Waals surface area contributed by atoms with Gasteiger partial charge >= 0.3 is 0 Å². The molecule has 1 heterocycles. The minimum absolute atomic E-state index is 0.104. The van der Waals surface area contributed by atoms with E-state index in [-0.39, 0.29) is 17.1 Å². The second-order valence-electron chi connectivity index (χ2n) is 10.9. The smallest absolute Gasteiger partial charge is 0.163 e. The molecule has 0 saturated heterocycles. The van der Waals surface area contributed by atoms with Crippen LogP contribution in [0.2, 0.25) is 0 Å². The van der Waals surface area contributed by atoms with Crippen LogP contribution in [0.5, 0.6) is 11.5 Å². The van der Waals surface area contributed by atoms with Crippen LogP contribution in [0.4, 0.5) is 0 Å². The second kappa shape index (κ2) is 11.9. The summed E-state index contributed by atoms with van der Waals surface area (Å²) in [5.74, 6) is 3.21. The largest absolute Gasteiger partial charge is 0.507 e. The Morgan fingerprint density at radius 3 is 2.16 bits per heavy atom. The zero-order chi connectivity index (χ0) is 23.0. The van der Waals surface area contributed by atoms with Crippen molar-refractivity contribution in [3.8, 4) is 11.5 Å². The zero-order valence-electron chi connectivity index (χ0n) is 20.9. The predicted octanol–water partition coefficient (Wildman–Crippen LogP) is 8.12. The number of rotatable bonds is 13. The lowest BCUT2D eigenvalue weighted by atomic mass is 9.85. The molecule has 0 bridgehead atoms. The molecule has 1 N–H and O–H groups in total. The van der Waals surface area contributed by atoms with Gasteiger partial charge in [-0.3, -0.25) is 4.79 Å². The Kier molecular flexibility index (Phi) is 9.90. The maximum Gasteiger partial charge on any atom is 0.163 e. The van der Waals surface area contributed by atoms with Crippen molar-refractivity contribution in [2.24, 2.45) is 17.8 Å². The summed E-state index contributed by atoms with van der Waals surface area (Å²) in [6, 6.07) is 3.54. The number of carbonyl (C=O) groups excluding carboxylic acids is 1. The Morgan fingerprint density at radius 1 is 1.00 bits per heavy atom. The lowest BCUT2D eigenvalue weighted by Gasteiger charge is -2.36. The van der Waals surface area contributed by atoms with E-state index in [1.54, 1.807) is 6.07 Å². The number of hydrogen-bond donors (Lipinski definition) is 1. The lowest BCUT2D eigenvalue weighted by molar-refractivity contribution is 0.0516. The summed E-state index contributed by atoms with van der Waals surface area (Å²) < 4.78 is 6.31. The van der Waals surface area contributed by atoms with Crippen LogP contribution >= 0.6 is 0 Å². The van der Waals surface area contributed by atoms with E-state index in [0.29, 0.717) is 5.56 Å². The first kappa shape index (κ1) is 25.7. The number of ketones is 1. The Balaban J connectivity index is 1.70. The molecule has 1 aromatic rings. The van der Waals surface area contributed by atoms with E-state index in [2.05, 4.69) is 34.6 Å². The van der Waals surface area contributed by atoms with Gasteiger partial charge in [0.15, 0.2) is 5.78 Å². The molecule has 1 aliphatic heterocycles. The van der Waals surface area contributed by atoms with E-state index >= 15 is 0 Å². The summed E-state index contributed by atoms with van der Waals surface area (Å²) in [7, 11) is 0. The Labute approximate surface area is 191 Å². The molecule has 3 unspecified atom stereocenters. The van der Waals surface area contributed by atoms with Crippen LogP contribution in [-0.2, 0) is 6.42 Å². The monoisotopic (exact) mass is 430 g/mol. The predicted molar refractivity (Wildman–Crippen MR) is 130 cm³/mol. The van der Waals surface area contributed by atoms with Crippen molar-refractivity contribution in [2.45, 2.75) is 118 Å². The molecule has 2 rings (SSSR count). The molecule has 31 heavy (non-hydrogen) atoms. The normalized spacial score (nSPS) is 20.2. The highest BCUT2D eigenvalue weighted by Gasteiger charge is 2.33. The van der Waals surface area contributed by atoms with Crippen LogP contribution in [0.15, 0.2) is 12.1 Å². The van der Waals surface area contributed by atoms with Gasteiger partial charge in [0.25, 0.3) is 0 Å². The third-order valence-corrected chi connectivity index (χ3v) is 7.15. The van der Waals surface area contributed by atoms with Gasteiger partial charge in [-0.05, 0) is 69.4 Å². The molecule has 0 aromatic heterocycles. The first-order valence-electron chi connectivity index (χ1n) is 12.7. The molecule has 3 heteroatoms. The SMILES string of the molecule is CC(=O)c1ccc2c(c1O)CCC(C)(CCCC(C)CCCC(C)CCCC(C)C)O2. The number of phenols is 1. The van der Waals surface area contributed by atoms with Gasteiger partial charge in [0.05, 0.1) is 5.56 Å². The summed E-state index contributed by atoms with van der Waals surface area (Å²) in [6.45, 7) is 13.1. The molecule has 0 fully saturated rings. The molecule has 0 amide bonds. The highest BCUT2D eigenvalue weighted by molar-refractivity contribution is 5.97. The van der Waals surface area contributed by atoms with Crippen molar-refractivity contribution in [2.75, 3.05) is 0 Å². The molecule has 3 atom stereocenters. The van der Waals surface area contributed by atoms with Crippen molar-refractivity contribution in [3.63, 3.8) is 0 Å². The molecule has 3 nitrogen and oxygen atoms in total. The third-order valence-electron chi connectivity index (χ3n) is 7.15. The van der Waals surface area contributed by atoms with E-state index in [1.165, 1.54) is 58.3 Å². The minimum atomic E-state index is -0.179. The maximum absolute atomic E-state index is 11.7. The van der Waals surface area contributed by atoms with Gasteiger partial charge in [0.2, 0.25) is 0 Å². The summed E-state index contributed by atoms with van der Waals surface area (Å²) in [4.78, 5) is 11.7. The van der Waals surface area contributed by atoms with Crippen LogP contribution in [0.3, 0.4) is 0 Å². The van der Waals surface area contributed by atoms with Gasteiger partial charge in [-0.15, -0.1) is 0 Å².